The van der Waals surface area contributed by atoms with Crippen molar-refractivity contribution in [3.05, 3.63) is 30.1 Å². The van der Waals surface area contributed by atoms with Crippen molar-refractivity contribution in [1.82, 2.24) is 4.98 Å². The minimum absolute atomic E-state index is 0.311. The molecule has 0 aliphatic rings. The third kappa shape index (κ3) is 3.55. The Morgan fingerprint density at radius 3 is 2.62 bits per heavy atom. The molecule has 72 valence electrons. The zero-order valence-corrected chi connectivity index (χ0v) is 8.11. The fourth-order valence-electron chi connectivity index (χ4n) is 1.34. The van der Waals surface area contributed by atoms with Gasteiger partial charge in [0, 0.05) is 12.4 Å². The third-order valence-electron chi connectivity index (χ3n) is 2.17. The van der Waals surface area contributed by atoms with Gasteiger partial charge in [0.1, 0.15) is 0 Å². The molecule has 1 atom stereocenters. The van der Waals surface area contributed by atoms with E-state index in [1.807, 2.05) is 12.1 Å². The van der Waals surface area contributed by atoms with E-state index >= 15 is 0 Å². The van der Waals surface area contributed by atoms with E-state index in [1.165, 1.54) is 12.8 Å². The van der Waals surface area contributed by atoms with E-state index in [-0.39, 0.29) is 6.10 Å². The summed E-state index contributed by atoms with van der Waals surface area (Å²) < 4.78 is 0. The van der Waals surface area contributed by atoms with Gasteiger partial charge in [-0.3, -0.25) is 4.98 Å². The van der Waals surface area contributed by atoms with Crippen molar-refractivity contribution in [1.29, 1.82) is 0 Å². The Labute approximate surface area is 79.6 Å². The highest BCUT2D eigenvalue weighted by molar-refractivity contribution is 5.12. The average molecular weight is 179 g/mol. The fraction of sp³-hybridized carbons (Fsp3) is 0.545. The van der Waals surface area contributed by atoms with Crippen molar-refractivity contribution in [2.24, 2.45) is 0 Å². The van der Waals surface area contributed by atoms with E-state index in [0.717, 1.165) is 18.4 Å². The summed E-state index contributed by atoms with van der Waals surface area (Å²) >= 11 is 0. The highest BCUT2D eigenvalue weighted by atomic mass is 16.3. The van der Waals surface area contributed by atoms with Gasteiger partial charge in [-0.25, -0.2) is 0 Å². The summed E-state index contributed by atoms with van der Waals surface area (Å²) in [5, 5.41) is 9.72. The number of unbranched alkanes of at least 4 members (excludes halogenated alkanes) is 2. The number of aliphatic hydroxyl groups excluding tert-OH is 1. The molecule has 1 heterocycles. The molecule has 1 aromatic rings. The van der Waals surface area contributed by atoms with Gasteiger partial charge in [-0.15, -0.1) is 0 Å². The molecule has 0 fully saturated rings. The summed E-state index contributed by atoms with van der Waals surface area (Å²) in [6, 6.07) is 3.74. The first-order valence-corrected chi connectivity index (χ1v) is 4.92. The van der Waals surface area contributed by atoms with Crippen LogP contribution in [-0.4, -0.2) is 10.1 Å². The maximum atomic E-state index is 9.72. The van der Waals surface area contributed by atoms with Gasteiger partial charge in [0.25, 0.3) is 0 Å². The van der Waals surface area contributed by atoms with Crippen molar-refractivity contribution in [3.63, 3.8) is 0 Å². The standard InChI is InChI=1S/C11H17NO/c1-2-3-4-5-11(13)10-6-8-12-9-7-10/h6-9,11,13H,2-5H2,1H3. The van der Waals surface area contributed by atoms with Crippen molar-refractivity contribution in [2.75, 3.05) is 0 Å². The summed E-state index contributed by atoms with van der Waals surface area (Å²) in [5.74, 6) is 0. The van der Waals surface area contributed by atoms with Crippen LogP contribution in [0.3, 0.4) is 0 Å². The summed E-state index contributed by atoms with van der Waals surface area (Å²) in [4.78, 5) is 3.91. The first-order chi connectivity index (χ1) is 6.34. The number of pyridine rings is 1. The van der Waals surface area contributed by atoms with Gasteiger partial charge in [0.2, 0.25) is 0 Å². The number of hydrogen-bond donors (Lipinski definition) is 1. The van der Waals surface area contributed by atoms with E-state index in [4.69, 9.17) is 0 Å². The van der Waals surface area contributed by atoms with Crippen LogP contribution in [0.5, 0.6) is 0 Å². The molecule has 0 aliphatic heterocycles. The molecule has 0 amide bonds. The topological polar surface area (TPSA) is 33.1 Å². The van der Waals surface area contributed by atoms with Gasteiger partial charge < -0.3 is 5.11 Å². The highest BCUT2D eigenvalue weighted by Crippen LogP contribution is 2.18. The fourth-order valence-corrected chi connectivity index (χ4v) is 1.34. The molecule has 0 saturated carbocycles. The van der Waals surface area contributed by atoms with Gasteiger partial charge in [-0.05, 0) is 24.1 Å². The molecule has 2 heteroatoms. The minimum atomic E-state index is -0.311. The molecule has 0 bridgehead atoms. The predicted octanol–water partition coefficient (Wildman–Crippen LogP) is 2.70. The lowest BCUT2D eigenvalue weighted by Gasteiger charge is -2.09. The van der Waals surface area contributed by atoms with Gasteiger partial charge in [0.05, 0.1) is 6.10 Å². The largest absolute Gasteiger partial charge is 0.388 e. The summed E-state index contributed by atoms with van der Waals surface area (Å²) in [6.07, 6.45) is 7.48. The molecule has 0 spiro atoms. The second-order valence-corrected chi connectivity index (χ2v) is 3.29. The van der Waals surface area contributed by atoms with Gasteiger partial charge in [-0.1, -0.05) is 26.2 Å². The van der Waals surface area contributed by atoms with E-state index in [9.17, 15) is 5.11 Å². The smallest absolute Gasteiger partial charge is 0.0791 e. The number of hydrogen-bond acceptors (Lipinski definition) is 2. The Bertz CT molecular complexity index is 223. The van der Waals surface area contributed by atoms with Crippen LogP contribution >= 0.6 is 0 Å². The van der Waals surface area contributed by atoms with Crippen molar-refractivity contribution < 1.29 is 5.11 Å². The zero-order chi connectivity index (χ0) is 9.52. The van der Waals surface area contributed by atoms with Crippen LogP contribution in [-0.2, 0) is 0 Å². The Morgan fingerprint density at radius 1 is 1.31 bits per heavy atom. The van der Waals surface area contributed by atoms with Gasteiger partial charge in [0.15, 0.2) is 0 Å². The second kappa shape index (κ2) is 5.70. The number of aromatic nitrogens is 1. The molecule has 1 rings (SSSR count). The van der Waals surface area contributed by atoms with Gasteiger partial charge >= 0.3 is 0 Å². The van der Waals surface area contributed by atoms with Crippen LogP contribution in [0.2, 0.25) is 0 Å². The minimum Gasteiger partial charge on any atom is -0.388 e. The number of nitrogens with zero attached hydrogens (tertiary/aromatic N) is 1. The highest BCUT2D eigenvalue weighted by Gasteiger charge is 2.05. The average Bonchev–Trinajstić information content (AvgIpc) is 2.19. The van der Waals surface area contributed by atoms with Crippen LogP contribution in [0.1, 0.15) is 44.3 Å². The quantitative estimate of drug-likeness (QED) is 0.705. The van der Waals surface area contributed by atoms with Crippen LogP contribution in [0.15, 0.2) is 24.5 Å². The van der Waals surface area contributed by atoms with E-state index in [2.05, 4.69) is 11.9 Å². The second-order valence-electron chi connectivity index (χ2n) is 3.29. The van der Waals surface area contributed by atoms with Crippen LogP contribution < -0.4 is 0 Å². The van der Waals surface area contributed by atoms with Crippen LogP contribution in [0.25, 0.3) is 0 Å². The lowest BCUT2D eigenvalue weighted by atomic mass is 10.0. The van der Waals surface area contributed by atoms with Gasteiger partial charge in [-0.2, -0.15) is 0 Å². The molecule has 1 aromatic heterocycles. The maximum absolute atomic E-state index is 9.72. The van der Waals surface area contributed by atoms with E-state index in [1.54, 1.807) is 12.4 Å². The normalized spacial score (nSPS) is 12.8. The van der Waals surface area contributed by atoms with Crippen molar-refractivity contribution in [3.8, 4) is 0 Å². The molecule has 0 aromatic carbocycles. The number of rotatable bonds is 5. The first kappa shape index (κ1) is 10.2. The molecular formula is C11H17NO. The van der Waals surface area contributed by atoms with E-state index < -0.39 is 0 Å². The molecule has 2 nitrogen and oxygen atoms in total. The van der Waals surface area contributed by atoms with Crippen molar-refractivity contribution in [2.45, 2.75) is 38.7 Å². The molecule has 0 saturated heterocycles. The Balaban J connectivity index is 2.35. The molecule has 1 unspecified atom stereocenters. The van der Waals surface area contributed by atoms with Crippen LogP contribution in [0, 0.1) is 0 Å². The summed E-state index contributed by atoms with van der Waals surface area (Å²) in [5.41, 5.74) is 0.978. The molecule has 0 radical (unpaired) electrons. The SMILES string of the molecule is CCCCCC(O)c1ccncc1. The monoisotopic (exact) mass is 179 g/mol. The lowest BCUT2D eigenvalue weighted by molar-refractivity contribution is 0.163. The molecular weight excluding hydrogens is 162 g/mol. The molecule has 13 heavy (non-hydrogen) atoms. The predicted molar refractivity (Wildman–Crippen MR) is 53.3 cm³/mol. The van der Waals surface area contributed by atoms with E-state index in [0.29, 0.717) is 0 Å². The zero-order valence-electron chi connectivity index (χ0n) is 8.11. The molecule has 1 N–H and O–H groups in total. The summed E-state index contributed by atoms with van der Waals surface area (Å²) in [7, 11) is 0. The number of aliphatic hydroxyl groups is 1. The lowest BCUT2D eigenvalue weighted by Crippen LogP contribution is -1.96. The Kier molecular flexibility index (Phi) is 4.47. The third-order valence-corrected chi connectivity index (χ3v) is 2.17. The molecule has 0 aliphatic carbocycles. The Morgan fingerprint density at radius 2 is 2.00 bits per heavy atom. The summed E-state index contributed by atoms with van der Waals surface area (Å²) in [6.45, 7) is 2.17. The van der Waals surface area contributed by atoms with Crippen molar-refractivity contribution >= 4 is 0 Å². The first-order valence-electron chi connectivity index (χ1n) is 4.92. The maximum Gasteiger partial charge on any atom is 0.0791 e. The Hall–Kier alpha value is -0.890. The van der Waals surface area contributed by atoms with Crippen LogP contribution in [0.4, 0.5) is 0 Å².